The molecular weight excluding hydrogens is 422 g/mol. The normalized spacial score (nSPS) is 12.7. The predicted octanol–water partition coefficient (Wildman–Crippen LogP) is 5.85. The molecule has 3 heterocycles. The lowest BCUT2D eigenvalue weighted by Crippen LogP contribution is -2.36. The third-order valence-electron chi connectivity index (χ3n) is 5.01. The summed E-state index contributed by atoms with van der Waals surface area (Å²) in [7, 11) is 0. The van der Waals surface area contributed by atoms with Crippen LogP contribution in [0.4, 0.5) is 21.3 Å². The Labute approximate surface area is 189 Å². The van der Waals surface area contributed by atoms with Gasteiger partial charge in [0.2, 0.25) is 5.88 Å². The molecule has 0 spiro atoms. The summed E-state index contributed by atoms with van der Waals surface area (Å²) in [5.41, 5.74) is 2.40. The number of thiazole rings is 1. The summed E-state index contributed by atoms with van der Waals surface area (Å²) in [5, 5.41) is 6.60. The first-order chi connectivity index (χ1) is 15.7. The number of hydrogen-bond donors (Lipinski definition) is 2. The first-order valence-electron chi connectivity index (χ1n) is 10.3. The summed E-state index contributed by atoms with van der Waals surface area (Å²) < 4.78 is 5.83. The Bertz CT molecular complexity index is 1190. The van der Waals surface area contributed by atoms with E-state index >= 15 is 0 Å². The second-order valence-corrected chi connectivity index (χ2v) is 8.31. The molecular formula is C24H21N5O2S. The Kier molecular flexibility index (Phi) is 5.67. The van der Waals surface area contributed by atoms with Gasteiger partial charge in [0.25, 0.3) is 0 Å². The summed E-state index contributed by atoms with van der Waals surface area (Å²) in [4.78, 5) is 24.3. The minimum absolute atomic E-state index is 0.331. The lowest BCUT2D eigenvalue weighted by atomic mass is 10.2. The van der Waals surface area contributed by atoms with E-state index in [1.165, 1.54) is 6.42 Å². The van der Waals surface area contributed by atoms with E-state index in [1.54, 1.807) is 29.7 Å². The number of carbonyl (C=O) groups excluding carboxylic acids is 1. The van der Waals surface area contributed by atoms with E-state index in [1.807, 2.05) is 60.8 Å². The van der Waals surface area contributed by atoms with Gasteiger partial charge < -0.3 is 20.3 Å². The fourth-order valence-corrected chi connectivity index (χ4v) is 4.16. The highest BCUT2D eigenvalue weighted by Crippen LogP contribution is 2.34. The molecule has 4 aromatic rings. The van der Waals surface area contributed by atoms with Crippen LogP contribution in [-0.2, 0) is 0 Å². The molecule has 32 heavy (non-hydrogen) atoms. The molecule has 2 aromatic heterocycles. The molecule has 0 atom stereocenters. The highest BCUT2D eigenvalue weighted by molar-refractivity contribution is 7.18. The molecule has 0 radical (unpaired) electrons. The van der Waals surface area contributed by atoms with Crippen molar-refractivity contribution < 1.29 is 9.53 Å². The number of pyridine rings is 1. The van der Waals surface area contributed by atoms with Gasteiger partial charge in [-0.05, 0) is 54.4 Å². The summed E-state index contributed by atoms with van der Waals surface area (Å²) in [6.07, 6.45) is 4.73. The van der Waals surface area contributed by atoms with Crippen molar-refractivity contribution in [1.29, 1.82) is 0 Å². The highest BCUT2D eigenvalue weighted by Gasteiger charge is 2.18. The summed E-state index contributed by atoms with van der Waals surface area (Å²) >= 11 is 1.71. The number of anilines is 3. The maximum atomic E-state index is 12.1. The molecule has 2 N–H and O–H groups in total. The molecule has 1 saturated heterocycles. The van der Waals surface area contributed by atoms with Gasteiger partial charge in [-0.1, -0.05) is 29.5 Å². The van der Waals surface area contributed by atoms with E-state index in [0.717, 1.165) is 34.3 Å². The third kappa shape index (κ3) is 4.70. The van der Waals surface area contributed by atoms with Crippen LogP contribution in [0.25, 0.3) is 10.4 Å². The van der Waals surface area contributed by atoms with Crippen molar-refractivity contribution in [2.24, 2.45) is 0 Å². The van der Waals surface area contributed by atoms with Crippen molar-refractivity contribution in [2.75, 3.05) is 28.6 Å². The standard InChI is InChI=1S/C24H21N5O2S/c30-23(27-18-5-2-1-3-6-18)28-19-9-12-22(25-15-19)31-20-10-7-17(8-11-20)21-16-26-24(32-21)29-13-4-14-29/h1-3,5-12,15-16H,4,13-14H2,(H2,27,28,30). The van der Waals surface area contributed by atoms with Gasteiger partial charge in [-0.2, -0.15) is 0 Å². The van der Waals surface area contributed by atoms with Gasteiger partial charge in [0.15, 0.2) is 5.13 Å². The zero-order valence-corrected chi connectivity index (χ0v) is 18.0. The van der Waals surface area contributed by atoms with Crippen LogP contribution in [0.1, 0.15) is 6.42 Å². The van der Waals surface area contributed by atoms with Gasteiger partial charge in [-0.25, -0.2) is 14.8 Å². The number of benzene rings is 2. The van der Waals surface area contributed by atoms with Crippen LogP contribution in [0, 0.1) is 0 Å². The summed E-state index contributed by atoms with van der Waals surface area (Å²) in [6, 6.07) is 20.3. The van der Waals surface area contributed by atoms with E-state index in [9.17, 15) is 4.79 Å². The van der Waals surface area contributed by atoms with E-state index in [4.69, 9.17) is 4.74 Å². The van der Waals surface area contributed by atoms with Crippen LogP contribution in [0.3, 0.4) is 0 Å². The lowest BCUT2D eigenvalue weighted by Gasteiger charge is -2.30. The van der Waals surface area contributed by atoms with Gasteiger partial charge in [-0.3, -0.25) is 0 Å². The molecule has 2 aromatic carbocycles. The minimum Gasteiger partial charge on any atom is -0.439 e. The first-order valence-corrected chi connectivity index (χ1v) is 11.1. The topological polar surface area (TPSA) is 79.4 Å². The van der Waals surface area contributed by atoms with E-state index in [-0.39, 0.29) is 6.03 Å². The van der Waals surface area contributed by atoms with Gasteiger partial charge in [0, 0.05) is 31.0 Å². The number of ether oxygens (including phenoxy) is 1. The number of carbonyl (C=O) groups is 1. The van der Waals surface area contributed by atoms with Crippen molar-refractivity contribution in [3.05, 3.63) is 79.1 Å². The van der Waals surface area contributed by atoms with Gasteiger partial charge >= 0.3 is 6.03 Å². The van der Waals surface area contributed by atoms with Gasteiger partial charge in [0.05, 0.1) is 16.8 Å². The first kappa shape index (κ1) is 20.0. The molecule has 0 unspecified atom stereocenters. The second kappa shape index (κ2) is 9.07. The Morgan fingerprint density at radius 2 is 1.66 bits per heavy atom. The fourth-order valence-electron chi connectivity index (χ4n) is 3.19. The largest absolute Gasteiger partial charge is 0.439 e. The number of nitrogens with zero attached hydrogens (tertiary/aromatic N) is 3. The number of para-hydroxylation sites is 1. The van der Waals surface area contributed by atoms with Crippen LogP contribution < -0.4 is 20.3 Å². The number of rotatable bonds is 6. The zero-order valence-electron chi connectivity index (χ0n) is 17.2. The molecule has 2 amide bonds. The third-order valence-corrected chi connectivity index (χ3v) is 6.11. The smallest absolute Gasteiger partial charge is 0.323 e. The van der Waals surface area contributed by atoms with Crippen LogP contribution in [0.15, 0.2) is 79.1 Å². The average molecular weight is 444 g/mol. The van der Waals surface area contributed by atoms with Crippen molar-refractivity contribution in [2.45, 2.75) is 6.42 Å². The predicted molar refractivity (Wildman–Crippen MR) is 128 cm³/mol. The van der Waals surface area contributed by atoms with Crippen molar-refractivity contribution in [1.82, 2.24) is 9.97 Å². The van der Waals surface area contributed by atoms with Crippen molar-refractivity contribution >= 4 is 33.9 Å². The molecule has 1 aliphatic rings. The molecule has 0 bridgehead atoms. The monoisotopic (exact) mass is 443 g/mol. The number of hydrogen-bond acceptors (Lipinski definition) is 6. The van der Waals surface area contributed by atoms with Crippen LogP contribution in [0.5, 0.6) is 11.6 Å². The van der Waals surface area contributed by atoms with E-state index in [2.05, 4.69) is 25.5 Å². The minimum atomic E-state index is -0.331. The zero-order chi connectivity index (χ0) is 21.8. The Hall–Kier alpha value is -3.91. The van der Waals surface area contributed by atoms with Crippen LogP contribution in [-0.4, -0.2) is 29.1 Å². The van der Waals surface area contributed by atoms with Crippen LogP contribution >= 0.6 is 11.3 Å². The maximum absolute atomic E-state index is 12.1. The molecule has 0 aliphatic carbocycles. The van der Waals surface area contributed by atoms with Crippen molar-refractivity contribution in [3.8, 4) is 22.1 Å². The van der Waals surface area contributed by atoms with E-state index in [0.29, 0.717) is 17.3 Å². The molecule has 0 saturated carbocycles. The molecule has 8 heteroatoms. The molecule has 1 aliphatic heterocycles. The maximum Gasteiger partial charge on any atom is 0.323 e. The molecule has 7 nitrogen and oxygen atoms in total. The number of amides is 2. The molecule has 5 rings (SSSR count). The second-order valence-electron chi connectivity index (χ2n) is 7.30. The number of aromatic nitrogens is 2. The fraction of sp³-hybridized carbons (Fsp3) is 0.125. The summed E-state index contributed by atoms with van der Waals surface area (Å²) in [5.74, 6) is 1.14. The SMILES string of the molecule is O=C(Nc1ccccc1)Nc1ccc(Oc2ccc(-c3cnc(N4CCC4)s3)cc2)nc1. The Morgan fingerprint density at radius 1 is 0.875 bits per heavy atom. The average Bonchev–Trinajstić information content (AvgIpc) is 3.24. The highest BCUT2D eigenvalue weighted by atomic mass is 32.1. The van der Waals surface area contributed by atoms with Gasteiger partial charge in [0.1, 0.15) is 5.75 Å². The van der Waals surface area contributed by atoms with Gasteiger partial charge in [-0.15, -0.1) is 0 Å². The Morgan fingerprint density at radius 3 is 2.34 bits per heavy atom. The summed E-state index contributed by atoms with van der Waals surface area (Å²) in [6.45, 7) is 2.19. The molecule has 1 fully saturated rings. The quantitative estimate of drug-likeness (QED) is 0.391. The lowest BCUT2D eigenvalue weighted by molar-refractivity contribution is 0.262. The van der Waals surface area contributed by atoms with Crippen molar-refractivity contribution in [3.63, 3.8) is 0 Å². The Balaban J connectivity index is 1.17. The number of urea groups is 1. The number of nitrogens with one attached hydrogen (secondary N) is 2. The molecule has 160 valence electrons. The van der Waals surface area contributed by atoms with Crippen LogP contribution in [0.2, 0.25) is 0 Å². The van der Waals surface area contributed by atoms with E-state index < -0.39 is 0 Å².